The summed E-state index contributed by atoms with van der Waals surface area (Å²) in [5.74, 6) is -9.52. The number of amides is 1. The van der Waals surface area contributed by atoms with E-state index in [1.165, 1.54) is 0 Å². The van der Waals surface area contributed by atoms with Crippen molar-refractivity contribution < 1.29 is 115 Å². The molecule has 25 heteroatoms. The van der Waals surface area contributed by atoms with Crippen LogP contribution in [0.2, 0.25) is 0 Å². The SMILES string of the molecule is CCC(C)(C)C(=O)C1CC(=O)OC1=O.CCC(C)(C)C(=O)NC1CC2CC1C1C(=O)OC(=O)C21.CCC(C)(C)C(=O)OC1CC2OC1C1C(=O)OC(=O)C21.CCC(C)(C)C(=O)OC1CCC(=O)OC1=O.CCC(C)(C)C(=O)OC1CCC2C(=O)OC(=O)C2C1. The summed E-state index contributed by atoms with van der Waals surface area (Å²) in [6, 6.07) is 0.0121. The quantitative estimate of drug-likeness (QED) is 0.108. The smallest absolute Gasteiger partial charge is 0.355 e. The van der Waals surface area contributed by atoms with Crippen LogP contribution in [-0.2, 0) is 115 Å². The minimum Gasteiger partial charge on any atom is -0.462 e. The summed E-state index contributed by atoms with van der Waals surface area (Å²) in [7, 11) is 0. The van der Waals surface area contributed by atoms with Crippen molar-refractivity contribution >= 4 is 89.3 Å². The fourth-order valence-corrected chi connectivity index (χ4v) is 12.0. The molecule has 1 N–H and O–H groups in total. The summed E-state index contributed by atoms with van der Waals surface area (Å²) in [6.07, 6.45) is 4.72. The summed E-state index contributed by atoms with van der Waals surface area (Å²) < 4.78 is 44.4. The molecule has 3 aliphatic carbocycles. The van der Waals surface area contributed by atoms with Crippen LogP contribution in [0.3, 0.4) is 0 Å². The Labute approximate surface area is 518 Å². The molecule has 15 unspecified atom stereocenters. The van der Waals surface area contributed by atoms with E-state index in [1.807, 2.05) is 76.2 Å². The summed E-state index contributed by atoms with van der Waals surface area (Å²) >= 11 is 0. The van der Waals surface area contributed by atoms with Gasteiger partial charge in [-0.2, -0.15) is 0 Å². The molecule has 10 rings (SSSR count). The van der Waals surface area contributed by atoms with Crippen LogP contribution >= 0.6 is 0 Å². The number of fused-ring (bicyclic) bond motifs is 11. The van der Waals surface area contributed by atoms with Crippen LogP contribution in [0, 0.1) is 80.3 Å². The Morgan fingerprint density at radius 3 is 1.49 bits per heavy atom. The van der Waals surface area contributed by atoms with E-state index in [-0.39, 0.29) is 103 Å². The van der Waals surface area contributed by atoms with E-state index in [4.69, 9.17) is 23.7 Å². The summed E-state index contributed by atoms with van der Waals surface area (Å²) in [6.45, 7) is 27.8. The fraction of sp³-hybridized carbons (Fsp3) is 0.766. The number of nitrogens with one attached hydrogen (secondary N) is 1. The van der Waals surface area contributed by atoms with Crippen LogP contribution in [0.5, 0.6) is 0 Å². The molecule has 7 aliphatic heterocycles. The van der Waals surface area contributed by atoms with Gasteiger partial charge in [-0.05, 0) is 118 Å². The molecule has 1 amide bonds. The number of ketones is 1. The highest BCUT2D eigenvalue weighted by molar-refractivity contribution is 6.10. The lowest BCUT2D eigenvalue weighted by atomic mass is 9.78. The second-order valence-corrected chi connectivity index (χ2v) is 28.0. The van der Waals surface area contributed by atoms with E-state index in [0.717, 1.165) is 19.3 Å². The number of hydrogen-bond donors (Lipinski definition) is 1. The third-order valence-corrected chi connectivity index (χ3v) is 20.1. The molecule has 3 saturated carbocycles. The Morgan fingerprint density at radius 2 is 0.955 bits per heavy atom. The summed E-state index contributed by atoms with van der Waals surface area (Å²) in [4.78, 5) is 173. The predicted molar refractivity (Wildman–Crippen MR) is 304 cm³/mol. The molecule has 0 aromatic heterocycles. The van der Waals surface area contributed by atoms with Gasteiger partial charge in [0.05, 0.1) is 64.8 Å². The maximum Gasteiger partial charge on any atom is 0.355 e. The van der Waals surface area contributed by atoms with Crippen LogP contribution in [0.15, 0.2) is 0 Å². The number of rotatable bonds is 15. The molecule has 494 valence electrons. The van der Waals surface area contributed by atoms with Crippen LogP contribution in [0.4, 0.5) is 0 Å². The normalized spacial score (nSPS) is 31.4. The van der Waals surface area contributed by atoms with Crippen molar-refractivity contribution in [3.63, 3.8) is 0 Å². The van der Waals surface area contributed by atoms with E-state index in [0.29, 0.717) is 51.4 Å². The van der Waals surface area contributed by atoms with E-state index >= 15 is 0 Å². The standard InChI is InChI=1S/C15H21NO4.C14H18O6.C14H20O5.C11H16O5.C10H14O4/c1-4-15(2,3)14(19)16-9-6-7-5-8(9)11-10(7)12(17)20-13(11)18;1-4-14(2,3)13(17)19-7-5-6-8-9(10(7)18-6)12(16)20-11(8)15;1-4-14(2,3)13(17)18-8-5-6-9-10(7-8)12(16)19-11(9)15;1-4-11(2,3)10(14)15-7-5-6-8(12)16-9(7)13;1-4-10(2,3)8(12)6-5-7(11)14-9(6)13/h7-11H,4-6H2,1-3H3,(H,16,19);6-10H,4-5H2,1-3H3;8-10H,4-7H2,1-3H3;7H,4-6H2,1-3H3;6H,4-5H2,1-3H3. The van der Waals surface area contributed by atoms with Crippen LogP contribution < -0.4 is 5.32 Å². The third-order valence-electron chi connectivity index (χ3n) is 20.1. The molecule has 0 aromatic carbocycles. The van der Waals surface area contributed by atoms with Gasteiger partial charge >= 0.3 is 77.6 Å². The largest absolute Gasteiger partial charge is 0.462 e. The molecule has 0 spiro atoms. The highest BCUT2D eigenvalue weighted by Gasteiger charge is 2.66. The van der Waals surface area contributed by atoms with Crippen molar-refractivity contribution in [2.75, 3.05) is 0 Å². The molecule has 10 fully saturated rings. The molecule has 7 heterocycles. The van der Waals surface area contributed by atoms with Crippen molar-refractivity contribution in [3.05, 3.63) is 0 Å². The first-order chi connectivity index (χ1) is 41.3. The zero-order valence-electron chi connectivity index (χ0n) is 53.9. The fourth-order valence-electron chi connectivity index (χ4n) is 12.0. The molecule has 15 atom stereocenters. The first-order valence-electron chi connectivity index (χ1n) is 31.2. The van der Waals surface area contributed by atoms with Gasteiger partial charge in [-0.25, -0.2) is 4.79 Å². The lowest BCUT2D eigenvalue weighted by Gasteiger charge is -2.31. The van der Waals surface area contributed by atoms with Crippen LogP contribution in [-0.4, -0.2) is 126 Å². The maximum atomic E-state index is 12.3. The molecule has 0 aromatic rings. The monoisotopic (exact) mass is 1260 g/mol. The summed E-state index contributed by atoms with van der Waals surface area (Å²) in [5, 5.41) is 3.09. The number of carbonyl (C=O) groups is 15. The van der Waals surface area contributed by atoms with Gasteiger partial charge in [0.2, 0.25) is 5.91 Å². The van der Waals surface area contributed by atoms with Gasteiger partial charge in [0, 0.05) is 29.7 Å². The van der Waals surface area contributed by atoms with Crippen molar-refractivity contribution in [2.45, 2.75) is 230 Å². The minimum atomic E-state index is -0.934. The lowest BCUT2D eigenvalue weighted by Crippen LogP contribution is -2.48. The zero-order valence-corrected chi connectivity index (χ0v) is 53.9. The van der Waals surface area contributed by atoms with E-state index in [9.17, 15) is 71.9 Å². The van der Waals surface area contributed by atoms with Gasteiger partial charge in [0.15, 0.2) is 11.9 Å². The highest BCUT2D eigenvalue weighted by Crippen LogP contribution is 2.56. The van der Waals surface area contributed by atoms with Gasteiger partial charge < -0.3 is 47.9 Å². The number of Topliss-reactive ketones (excluding diaryl/α,β-unsaturated/α-hetero) is 1. The topological polar surface area (TPSA) is 351 Å². The lowest BCUT2D eigenvalue weighted by molar-refractivity contribution is -0.183. The van der Waals surface area contributed by atoms with Crippen LogP contribution in [0.1, 0.15) is 194 Å². The molecule has 4 bridgehead atoms. The Kier molecular flexibility index (Phi) is 22.2. The molecule has 0 radical (unpaired) electrons. The number of esters is 13. The van der Waals surface area contributed by atoms with Gasteiger partial charge in [0.25, 0.3) is 0 Å². The first kappa shape index (κ1) is 71.3. The highest BCUT2D eigenvalue weighted by atomic mass is 16.6. The zero-order chi connectivity index (χ0) is 66.8. The Balaban J connectivity index is 0.000000178. The number of hydrogen-bond acceptors (Lipinski definition) is 24. The Hall–Kier alpha value is -6.79. The maximum absolute atomic E-state index is 12.3. The molecular weight excluding hydrogens is 1170 g/mol. The third kappa shape index (κ3) is 15.7. The van der Waals surface area contributed by atoms with E-state index in [2.05, 4.69) is 24.3 Å². The average Bonchev–Trinajstić information content (AvgIpc) is 1.59. The predicted octanol–water partition coefficient (Wildman–Crippen LogP) is 6.20. The van der Waals surface area contributed by atoms with Crippen molar-refractivity contribution in [2.24, 2.45) is 80.3 Å². The Bertz CT molecular complexity index is 2770. The van der Waals surface area contributed by atoms with Gasteiger partial charge in [-0.15, -0.1) is 0 Å². The molecule has 25 nitrogen and oxygen atoms in total. The van der Waals surface area contributed by atoms with Crippen molar-refractivity contribution in [1.82, 2.24) is 5.32 Å². The van der Waals surface area contributed by atoms with Gasteiger partial charge in [-0.1, -0.05) is 62.3 Å². The van der Waals surface area contributed by atoms with E-state index in [1.54, 1.807) is 27.7 Å². The first-order valence-corrected chi connectivity index (χ1v) is 31.2. The van der Waals surface area contributed by atoms with Crippen molar-refractivity contribution in [1.29, 1.82) is 0 Å². The second kappa shape index (κ2) is 27.8. The molecular formula is C64H89NO24. The molecule has 7 saturated heterocycles. The second-order valence-electron chi connectivity index (χ2n) is 28.0. The minimum absolute atomic E-state index is 0.0121. The molecule has 10 aliphatic rings. The number of cyclic esters (lactones) is 10. The van der Waals surface area contributed by atoms with Crippen molar-refractivity contribution in [3.8, 4) is 0 Å². The summed E-state index contributed by atoms with van der Waals surface area (Å²) in [5.41, 5.74) is -2.65. The number of carbonyl (C=O) groups excluding carboxylic acids is 15. The average molecular weight is 1260 g/mol. The van der Waals surface area contributed by atoms with E-state index < -0.39 is 123 Å². The molecule has 89 heavy (non-hydrogen) atoms. The Morgan fingerprint density at radius 1 is 0.461 bits per heavy atom. The van der Waals surface area contributed by atoms with Gasteiger partial charge in [0.1, 0.15) is 30.1 Å². The van der Waals surface area contributed by atoms with Crippen LogP contribution in [0.25, 0.3) is 0 Å². The number of ether oxygens (including phenoxy) is 9. The van der Waals surface area contributed by atoms with Gasteiger partial charge in [-0.3, -0.25) is 67.1 Å².